The predicted molar refractivity (Wildman–Crippen MR) is 128 cm³/mol. The Kier molecular flexibility index (Phi) is 5.39. The van der Waals surface area contributed by atoms with Gasteiger partial charge in [-0.2, -0.15) is 0 Å². The molecule has 2 aliphatic heterocycles. The fourth-order valence-corrected chi connectivity index (χ4v) is 5.48. The largest absolute Gasteiger partial charge is 0.507 e. The molecule has 2 bridgehead atoms. The van der Waals surface area contributed by atoms with Crippen LogP contribution in [0.4, 0.5) is 10.2 Å². The number of anilines is 1. The van der Waals surface area contributed by atoms with Crippen molar-refractivity contribution in [3.8, 4) is 28.4 Å². The Bertz CT molecular complexity index is 1280. The zero-order valence-electron chi connectivity index (χ0n) is 19.8. The Morgan fingerprint density at radius 3 is 2.68 bits per heavy atom. The second-order valence-corrected chi connectivity index (χ2v) is 9.65. The van der Waals surface area contributed by atoms with E-state index in [1.165, 1.54) is 16.8 Å². The highest BCUT2D eigenvalue weighted by Crippen LogP contribution is 2.46. The highest BCUT2D eigenvalue weighted by molar-refractivity contribution is 5.72. The van der Waals surface area contributed by atoms with Crippen LogP contribution in [0.25, 0.3) is 22.6 Å². The first-order chi connectivity index (χ1) is 16.2. The third-order valence-electron chi connectivity index (χ3n) is 7.89. The van der Waals surface area contributed by atoms with E-state index in [9.17, 15) is 9.90 Å². The van der Waals surface area contributed by atoms with E-state index in [2.05, 4.69) is 20.1 Å². The van der Waals surface area contributed by atoms with Crippen LogP contribution in [-0.4, -0.2) is 67.6 Å². The van der Waals surface area contributed by atoms with Gasteiger partial charge >= 0.3 is 0 Å². The number of halogens is 1. The van der Waals surface area contributed by atoms with Crippen molar-refractivity contribution >= 4 is 5.82 Å². The van der Waals surface area contributed by atoms with Gasteiger partial charge in [0, 0.05) is 43.5 Å². The van der Waals surface area contributed by atoms with Gasteiger partial charge in [0.05, 0.1) is 17.3 Å². The van der Waals surface area contributed by atoms with Crippen molar-refractivity contribution in [3.63, 3.8) is 0 Å². The fourth-order valence-electron chi connectivity index (χ4n) is 5.48. The van der Waals surface area contributed by atoms with Gasteiger partial charge in [-0.15, -0.1) is 10.2 Å². The topological polar surface area (TPSA) is 87.4 Å². The Labute approximate surface area is 197 Å². The summed E-state index contributed by atoms with van der Waals surface area (Å²) in [6.07, 6.45) is 3.10. The first-order valence-corrected chi connectivity index (χ1v) is 11.5. The summed E-state index contributed by atoms with van der Waals surface area (Å²) in [4.78, 5) is 20.2. The molecule has 0 amide bonds. The van der Waals surface area contributed by atoms with E-state index >= 15 is 4.39 Å². The first kappa shape index (κ1) is 22.5. The van der Waals surface area contributed by atoms with Gasteiger partial charge in [-0.05, 0) is 57.5 Å². The molecule has 1 aromatic carbocycles. The maximum atomic E-state index is 15.5. The highest BCUT2D eigenvalue weighted by atomic mass is 19.1. The maximum Gasteiger partial charge on any atom is 0.253 e. The number of nitrogens with zero attached hydrogens (tertiary/aromatic N) is 6. The predicted octanol–water partition coefficient (Wildman–Crippen LogP) is 3.01. The smallest absolute Gasteiger partial charge is 0.253 e. The van der Waals surface area contributed by atoms with Crippen LogP contribution in [0.3, 0.4) is 0 Å². The summed E-state index contributed by atoms with van der Waals surface area (Å²) in [7, 11) is 5.53. The molecule has 3 aromatic rings. The molecule has 9 heteroatoms. The summed E-state index contributed by atoms with van der Waals surface area (Å²) in [5.74, 6) is 1.07. The van der Waals surface area contributed by atoms with E-state index in [0.717, 1.165) is 19.3 Å². The SMILES string of the molecule is CN(c1ccc(-c2ccc(-c3nccc(=O)n3C)cc2O)nn1)[C@@H]1C[C@H]2CC[C@@](C)([C@H]1F)N2C. The number of phenols is 1. The molecule has 2 saturated heterocycles. The number of phenolic OH excluding ortho intramolecular Hbond substituents is 1. The number of aromatic nitrogens is 4. The molecular formula is C25H29FN6O2. The van der Waals surface area contributed by atoms with Gasteiger partial charge in [0.2, 0.25) is 0 Å². The van der Waals surface area contributed by atoms with Crippen LogP contribution in [0, 0.1) is 0 Å². The third kappa shape index (κ3) is 3.46. The van der Waals surface area contributed by atoms with Crippen molar-refractivity contribution in [1.82, 2.24) is 24.6 Å². The van der Waals surface area contributed by atoms with E-state index < -0.39 is 11.7 Å². The van der Waals surface area contributed by atoms with Gasteiger partial charge in [0.25, 0.3) is 5.56 Å². The Morgan fingerprint density at radius 2 is 1.97 bits per heavy atom. The van der Waals surface area contributed by atoms with Gasteiger partial charge in [-0.1, -0.05) is 6.07 Å². The molecular weight excluding hydrogens is 435 g/mol. The molecule has 178 valence electrons. The summed E-state index contributed by atoms with van der Waals surface area (Å²) in [6.45, 7) is 2.02. The average Bonchev–Trinajstić information content (AvgIpc) is 3.04. The molecule has 5 rings (SSSR count). The summed E-state index contributed by atoms with van der Waals surface area (Å²) in [5, 5.41) is 19.3. The second-order valence-electron chi connectivity index (χ2n) is 9.65. The van der Waals surface area contributed by atoms with E-state index in [1.54, 1.807) is 31.3 Å². The normalized spacial score (nSPS) is 26.6. The molecule has 2 fully saturated rings. The van der Waals surface area contributed by atoms with Crippen molar-refractivity contribution in [3.05, 3.63) is 52.9 Å². The Balaban J connectivity index is 1.38. The van der Waals surface area contributed by atoms with E-state index in [1.807, 2.05) is 32.0 Å². The summed E-state index contributed by atoms with van der Waals surface area (Å²) in [5.41, 5.74) is 1.01. The molecule has 2 aromatic heterocycles. The number of hydrogen-bond donors (Lipinski definition) is 1. The van der Waals surface area contributed by atoms with Gasteiger partial charge in [-0.3, -0.25) is 14.3 Å². The summed E-state index contributed by atoms with van der Waals surface area (Å²) < 4.78 is 17.0. The number of alkyl halides is 1. The minimum atomic E-state index is -0.984. The maximum absolute atomic E-state index is 15.5. The summed E-state index contributed by atoms with van der Waals surface area (Å²) >= 11 is 0. The quantitative estimate of drug-likeness (QED) is 0.635. The van der Waals surface area contributed by atoms with Crippen LogP contribution in [0.1, 0.15) is 26.2 Å². The molecule has 0 spiro atoms. The lowest BCUT2D eigenvalue weighted by Crippen LogP contribution is -2.62. The molecule has 4 atom stereocenters. The van der Waals surface area contributed by atoms with Crippen LogP contribution >= 0.6 is 0 Å². The number of fused-ring (bicyclic) bond motifs is 2. The molecule has 2 aliphatic rings. The van der Waals surface area contributed by atoms with Gasteiger partial charge in [-0.25, -0.2) is 9.37 Å². The molecule has 1 N–H and O–H groups in total. The van der Waals surface area contributed by atoms with E-state index in [-0.39, 0.29) is 17.4 Å². The Hall–Kier alpha value is -3.33. The zero-order chi connectivity index (χ0) is 24.2. The molecule has 0 saturated carbocycles. The molecule has 0 unspecified atom stereocenters. The van der Waals surface area contributed by atoms with Crippen LogP contribution in [0.2, 0.25) is 0 Å². The first-order valence-electron chi connectivity index (χ1n) is 11.5. The summed E-state index contributed by atoms with van der Waals surface area (Å²) in [6, 6.07) is 10.2. The lowest BCUT2D eigenvalue weighted by atomic mass is 9.84. The van der Waals surface area contributed by atoms with E-state index in [0.29, 0.717) is 34.5 Å². The molecule has 8 nitrogen and oxygen atoms in total. The minimum absolute atomic E-state index is 0.00893. The van der Waals surface area contributed by atoms with Crippen LogP contribution < -0.4 is 10.5 Å². The highest BCUT2D eigenvalue weighted by Gasteiger charge is 2.55. The van der Waals surface area contributed by atoms with Crippen LogP contribution in [0.15, 0.2) is 47.4 Å². The third-order valence-corrected chi connectivity index (χ3v) is 7.89. The van der Waals surface area contributed by atoms with Crippen LogP contribution in [0.5, 0.6) is 5.75 Å². The lowest BCUT2D eigenvalue weighted by molar-refractivity contribution is 0.00185. The van der Waals surface area contributed by atoms with Gasteiger partial charge in [0.1, 0.15) is 17.7 Å². The molecule has 4 heterocycles. The molecule has 0 aliphatic carbocycles. The molecule has 0 radical (unpaired) electrons. The number of aromatic hydroxyl groups is 1. The van der Waals surface area contributed by atoms with Crippen molar-refractivity contribution in [2.45, 2.75) is 50.0 Å². The van der Waals surface area contributed by atoms with Crippen molar-refractivity contribution < 1.29 is 9.50 Å². The van der Waals surface area contributed by atoms with Gasteiger partial charge < -0.3 is 10.0 Å². The van der Waals surface area contributed by atoms with Crippen molar-refractivity contribution in [2.75, 3.05) is 19.0 Å². The van der Waals surface area contributed by atoms with E-state index in [4.69, 9.17) is 0 Å². The fraction of sp³-hybridized carbons (Fsp3) is 0.440. The zero-order valence-corrected chi connectivity index (χ0v) is 19.8. The minimum Gasteiger partial charge on any atom is -0.507 e. The molecule has 34 heavy (non-hydrogen) atoms. The monoisotopic (exact) mass is 464 g/mol. The second kappa shape index (κ2) is 8.16. The van der Waals surface area contributed by atoms with Crippen molar-refractivity contribution in [1.29, 1.82) is 0 Å². The number of hydrogen-bond acceptors (Lipinski definition) is 7. The Morgan fingerprint density at radius 1 is 1.18 bits per heavy atom. The average molecular weight is 465 g/mol. The van der Waals surface area contributed by atoms with Gasteiger partial charge in [0.15, 0.2) is 5.82 Å². The number of piperidine rings is 1. The lowest BCUT2D eigenvalue weighted by Gasteiger charge is -2.49. The number of rotatable bonds is 4. The van der Waals surface area contributed by atoms with Crippen LogP contribution in [-0.2, 0) is 7.05 Å². The van der Waals surface area contributed by atoms with Crippen molar-refractivity contribution in [2.24, 2.45) is 7.05 Å². The number of benzene rings is 1. The standard InChI is InChI=1S/C25H29FN6O2/c1-25-11-9-16(32(25)4)14-19(23(25)26)30(2)21-8-7-18(28-29-21)17-6-5-15(13-20(17)33)24-27-12-10-22(34)31(24)3/h5-8,10,12-13,16,19,23,33H,9,11,14H2,1-4H3/t16-,19-,23+,25+/m1/s1.